The standard InChI is InChI=1S/C16H13N5O3S2/c1-8-11(5-6-24-8)25-13-10-7-9(23-2)3-4-12(10)26-14(13)15(22)17-16-18-20-21-19-16/h3-7H,1-2H3,(H2,17,18,19,20,21,22). The van der Waals surface area contributed by atoms with E-state index in [9.17, 15) is 4.79 Å². The minimum atomic E-state index is -0.296. The third-order valence-electron chi connectivity index (χ3n) is 3.65. The molecule has 0 fully saturated rings. The van der Waals surface area contributed by atoms with Crippen molar-refractivity contribution in [2.75, 3.05) is 12.4 Å². The first-order chi connectivity index (χ1) is 12.7. The van der Waals surface area contributed by atoms with Crippen LogP contribution in [0.25, 0.3) is 10.1 Å². The summed E-state index contributed by atoms with van der Waals surface area (Å²) in [5.74, 6) is 1.35. The van der Waals surface area contributed by atoms with Crippen molar-refractivity contribution in [3.63, 3.8) is 0 Å². The summed E-state index contributed by atoms with van der Waals surface area (Å²) in [7, 11) is 1.62. The highest BCUT2D eigenvalue weighted by atomic mass is 32.2. The van der Waals surface area contributed by atoms with E-state index >= 15 is 0 Å². The van der Waals surface area contributed by atoms with Crippen LogP contribution in [0.1, 0.15) is 15.4 Å². The highest BCUT2D eigenvalue weighted by Crippen LogP contribution is 2.44. The number of hydrogen-bond acceptors (Lipinski definition) is 8. The maximum Gasteiger partial charge on any atom is 0.270 e. The topological polar surface area (TPSA) is 106 Å². The number of hydrogen-bond donors (Lipinski definition) is 2. The SMILES string of the molecule is COc1ccc2sc(C(=O)Nc3nn[nH]n3)c(Sc3ccoc3C)c2c1. The number of methoxy groups -OCH3 is 1. The number of thiophene rings is 1. The Morgan fingerprint density at radius 1 is 1.38 bits per heavy atom. The molecule has 132 valence electrons. The number of fused-ring (bicyclic) bond motifs is 1. The van der Waals surface area contributed by atoms with Gasteiger partial charge in [-0.05, 0) is 36.4 Å². The Hall–Kier alpha value is -2.85. The Morgan fingerprint density at radius 2 is 2.27 bits per heavy atom. The largest absolute Gasteiger partial charge is 0.497 e. The molecule has 0 spiro atoms. The predicted octanol–water partition coefficient (Wildman–Crippen LogP) is 3.73. The molecule has 0 radical (unpaired) electrons. The van der Waals surface area contributed by atoms with Crippen molar-refractivity contribution in [3.8, 4) is 5.75 Å². The van der Waals surface area contributed by atoms with Gasteiger partial charge in [-0.1, -0.05) is 16.9 Å². The van der Waals surface area contributed by atoms with Gasteiger partial charge < -0.3 is 9.15 Å². The van der Waals surface area contributed by atoms with Crippen LogP contribution in [0.3, 0.4) is 0 Å². The summed E-state index contributed by atoms with van der Waals surface area (Å²) in [5, 5.41) is 16.9. The molecule has 2 N–H and O–H groups in total. The fourth-order valence-electron chi connectivity index (χ4n) is 2.39. The summed E-state index contributed by atoms with van der Waals surface area (Å²) in [5.41, 5.74) is 0. The molecule has 8 nitrogen and oxygen atoms in total. The average molecular weight is 387 g/mol. The van der Waals surface area contributed by atoms with Gasteiger partial charge in [-0.15, -0.1) is 16.4 Å². The number of furan rings is 1. The van der Waals surface area contributed by atoms with E-state index < -0.39 is 0 Å². The molecule has 0 aliphatic heterocycles. The molecule has 0 aliphatic rings. The van der Waals surface area contributed by atoms with Gasteiger partial charge in [0.15, 0.2) is 0 Å². The Balaban J connectivity index is 1.81. The fraction of sp³-hybridized carbons (Fsp3) is 0.125. The van der Waals surface area contributed by atoms with E-state index in [2.05, 4.69) is 25.9 Å². The molecular formula is C16H13N5O3S2. The third-order valence-corrected chi connectivity index (χ3v) is 6.22. The Morgan fingerprint density at radius 3 is 2.96 bits per heavy atom. The fourth-order valence-corrected chi connectivity index (χ4v) is 4.68. The highest BCUT2D eigenvalue weighted by molar-refractivity contribution is 7.99. The molecule has 0 saturated carbocycles. The number of carbonyl (C=O) groups excluding carboxylic acids is 1. The molecular weight excluding hydrogens is 374 g/mol. The van der Waals surface area contributed by atoms with E-state index in [1.54, 1.807) is 13.4 Å². The second-order valence-electron chi connectivity index (χ2n) is 5.26. The number of anilines is 1. The van der Waals surface area contributed by atoms with Crippen molar-refractivity contribution < 1.29 is 13.9 Å². The molecule has 1 amide bonds. The number of rotatable bonds is 5. The van der Waals surface area contributed by atoms with E-state index in [1.165, 1.54) is 23.1 Å². The Labute approximate surface area is 155 Å². The number of H-pyrrole nitrogens is 1. The van der Waals surface area contributed by atoms with E-state index in [4.69, 9.17) is 9.15 Å². The van der Waals surface area contributed by atoms with E-state index in [1.807, 2.05) is 31.2 Å². The van der Waals surface area contributed by atoms with Crippen LogP contribution in [-0.2, 0) is 0 Å². The van der Waals surface area contributed by atoms with Gasteiger partial charge in [0.1, 0.15) is 16.4 Å². The maximum absolute atomic E-state index is 12.8. The number of tetrazole rings is 1. The van der Waals surface area contributed by atoms with Crippen LogP contribution < -0.4 is 10.1 Å². The second-order valence-corrected chi connectivity index (χ2v) is 7.36. The maximum atomic E-state index is 12.8. The third kappa shape index (κ3) is 3.04. The molecule has 4 aromatic rings. The number of benzene rings is 1. The molecule has 26 heavy (non-hydrogen) atoms. The molecule has 0 unspecified atom stereocenters. The van der Waals surface area contributed by atoms with Crippen LogP contribution in [0.4, 0.5) is 5.95 Å². The summed E-state index contributed by atoms with van der Waals surface area (Å²) in [6.07, 6.45) is 1.63. The lowest BCUT2D eigenvalue weighted by atomic mass is 10.2. The van der Waals surface area contributed by atoms with Gasteiger partial charge >= 0.3 is 0 Å². The molecule has 0 bridgehead atoms. The minimum Gasteiger partial charge on any atom is -0.497 e. The molecule has 0 aliphatic carbocycles. The summed E-state index contributed by atoms with van der Waals surface area (Å²) in [6.45, 7) is 1.89. The monoisotopic (exact) mass is 387 g/mol. The normalized spacial score (nSPS) is 11.0. The van der Waals surface area contributed by atoms with Crippen LogP contribution in [-0.4, -0.2) is 33.6 Å². The van der Waals surface area contributed by atoms with Gasteiger partial charge in [0.05, 0.1) is 18.3 Å². The summed E-state index contributed by atoms with van der Waals surface area (Å²) >= 11 is 2.88. The van der Waals surface area contributed by atoms with Gasteiger partial charge in [-0.2, -0.15) is 5.21 Å². The van der Waals surface area contributed by atoms with Gasteiger partial charge in [-0.3, -0.25) is 10.1 Å². The summed E-state index contributed by atoms with van der Waals surface area (Å²) < 4.78 is 11.7. The first kappa shape index (κ1) is 16.6. The van der Waals surface area contributed by atoms with E-state index in [-0.39, 0.29) is 11.9 Å². The molecule has 10 heteroatoms. The van der Waals surface area contributed by atoms with Gasteiger partial charge in [0, 0.05) is 15.0 Å². The molecule has 0 saturated heterocycles. The van der Waals surface area contributed by atoms with Crippen LogP contribution >= 0.6 is 23.1 Å². The van der Waals surface area contributed by atoms with E-state index in [0.717, 1.165) is 31.4 Å². The molecule has 1 aromatic carbocycles. The first-order valence-electron chi connectivity index (χ1n) is 7.53. The zero-order chi connectivity index (χ0) is 18.1. The number of aromatic amines is 1. The van der Waals surface area contributed by atoms with Crippen molar-refractivity contribution in [2.45, 2.75) is 16.7 Å². The lowest BCUT2D eigenvalue weighted by Crippen LogP contribution is -2.12. The van der Waals surface area contributed by atoms with Gasteiger partial charge in [0.25, 0.3) is 11.9 Å². The van der Waals surface area contributed by atoms with Crippen molar-refractivity contribution >= 4 is 45.0 Å². The Bertz CT molecular complexity index is 1070. The molecule has 0 atom stereocenters. The number of carbonyl (C=O) groups is 1. The van der Waals surface area contributed by atoms with Crippen LogP contribution in [0.15, 0.2) is 44.7 Å². The van der Waals surface area contributed by atoms with Crippen molar-refractivity contribution in [1.29, 1.82) is 0 Å². The minimum absolute atomic E-state index is 0.125. The zero-order valence-electron chi connectivity index (χ0n) is 13.8. The number of nitrogens with one attached hydrogen (secondary N) is 2. The summed E-state index contributed by atoms with van der Waals surface area (Å²) in [6, 6.07) is 7.62. The van der Waals surface area contributed by atoms with Gasteiger partial charge in [-0.25, -0.2) is 0 Å². The van der Waals surface area contributed by atoms with Crippen molar-refractivity contribution in [1.82, 2.24) is 20.6 Å². The number of amides is 1. The number of aromatic nitrogens is 4. The lowest BCUT2D eigenvalue weighted by molar-refractivity contribution is 0.102. The van der Waals surface area contributed by atoms with Crippen LogP contribution in [0.2, 0.25) is 0 Å². The smallest absolute Gasteiger partial charge is 0.270 e. The highest BCUT2D eigenvalue weighted by Gasteiger charge is 2.22. The molecule has 3 aromatic heterocycles. The number of aryl methyl sites for hydroxylation is 1. The first-order valence-corrected chi connectivity index (χ1v) is 9.16. The molecule has 3 heterocycles. The molecule has 4 rings (SSSR count). The summed E-state index contributed by atoms with van der Waals surface area (Å²) in [4.78, 5) is 15.1. The zero-order valence-corrected chi connectivity index (χ0v) is 15.4. The number of ether oxygens (including phenoxy) is 1. The van der Waals surface area contributed by atoms with E-state index in [0.29, 0.717) is 4.88 Å². The van der Waals surface area contributed by atoms with Crippen LogP contribution in [0, 0.1) is 6.92 Å². The number of nitrogens with zero attached hydrogens (tertiary/aromatic N) is 3. The average Bonchev–Trinajstić information content (AvgIpc) is 3.37. The van der Waals surface area contributed by atoms with Crippen molar-refractivity contribution in [3.05, 3.63) is 41.2 Å². The van der Waals surface area contributed by atoms with Crippen molar-refractivity contribution in [2.24, 2.45) is 0 Å². The second kappa shape index (κ2) is 6.81. The van der Waals surface area contributed by atoms with Gasteiger partial charge in [0.2, 0.25) is 0 Å². The quantitative estimate of drug-likeness (QED) is 0.537. The van der Waals surface area contributed by atoms with Crippen LogP contribution in [0.5, 0.6) is 5.75 Å². The predicted molar refractivity (Wildman–Crippen MR) is 98.1 cm³/mol. The lowest BCUT2D eigenvalue weighted by Gasteiger charge is -2.04. The Kier molecular flexibility index (Phi) is 4.35.